The Morgan fingerprint density at radius 1 is 1.37 bits per heavy atom. The molecule has 0 fully saturated rings. The number of nitrogens with one attached hydrogen (secondary N) is 2. The van der Waals surface area contributed by atoms with Crippen molar-refractivity contribution >= 4 is 21.7 Å². The van der Waals surface area contributed by atoms with Gasteiger partial charge in [-0.25, -0.2) is 17.9 Å². The zero-order valence-electron chi connectivity index (χ0n) is 10.6. The maximum Gasteiger partial charge on any atom is 0.332 e. The fraction of sp³-hybridized carbons (Fsp3) is 0.364. The maximum atomic E-state index is 12.0. The third kappa shape index (κ3) is 4.86. The van der Waals surface area contributed by atoms with E-state index in [4.69, 9.17) is 5.11 Å². The molecule has 0 radical (unpaired) electrons. The van der Waals surface area contributed by atoms with Gasteiger partial charge in [-0.3, -0.25) is 10.3 Å². The molecule has 0 aromatic heterocycles. The lowest BCUT2D eigenvalue weighted by molar-refractivity contribution is -0.141. The minimum Gasteiger partial charge on any atom is -0.479 e. The molecule has 0 aliphatic carbocycles. The number of carboxylic acids is 1. The normalized spacial score (nSPS) is 11.5. The lowest BCUT2D eigenvalue weighted by atomic mass is 10.3. The lowest BCUT2D eigenvalue weighted by Crippen LogP contribution is -2.30. The highest BCUT2D eigenvalue weighted by atomic mass is 32.2. The van der Waals surface area contributed by atoms with Gasteiger partial charge in [-0.2, -0.15) is 0 Å². The average molecular weight is 288 g/mol. The maximum absolute atomic E-state index is 12.0. The van der Waals surface area contributed by atoms with Crippen molar-refractivity contribution in [1.82, 2.24) is 4.72 Å². The number of anilines is 1. The summed E-state index contributed by atoms with van der Waals surface area (Å²) in [4.78, 5) is 15.0. The molecule has 1 aromatic rings. The second-order valence-corrected chi connectivity index (χ2v) is 5.74. The number of rotatable bonds is 7. The first-order valence-corrected chi connectivity index (χ1v) is 7.02. The molecule has 0 atom stereocenters. The molecule has 0 heterocycles. The van der Waals surface area contributed by atoms with E-state index in [0.29, 0.717) is 0 Å². The van der Waals surface area contributed by atoms with Crippen molar-refractivity contribution < 1.29 is 23.2 Å². The summed E-state index contributed by atoms with van der Waals surface area (Å²) in [5, 5.41) is 8.44. The highest BCUT2D eigenvalue weighted by Gasteiger charge is 2.19. The molecule has 0 unspecified atom stereocenters. The smallest absolute Gasteiger partial charge is 0.332 e. The van der Waals surface area contributed by atoms with Crippen LogP contribution in [-0.4, -0.2) is 32.1 Å². The molecule has 3 N–H and O–H groups in total. The van der Waals surface area contributed by atoms with Gasteiger partial charge in [0.25, 0.3) is 0 Å². The van der Waals surface area contributed by atoms with E-state index >= 15 is 0 Å². The quantitative estimate of drug-likeness (QED) is 0.641. The third-order valence-corrected chi connectivity index (χ3v) is 3.66. The standard InChI is InChI=1S/C11H16N2O5S/c1-8(2)13-19(16,17)10-6-4-3-5-9(10)12-18-7-11(14)15/h3-6,8,12-13H,7H2,1-2H3,(H,14,15). The van der Waals surface area contributed by atoms with E-state index in [9.17, 15) is 13.2 Å². The van der Waals surface area contributed by atoms with Crippen LogP contribution < -0.4 is 10.2 Å². The number of para-hydroxylation sites is 1. The second-order valence-electron chi connectivity index (χ2n) is 4.06. The minimum absolute atomic E-state index is 0.00547. The molecule has 0 aliphatic rings. The Kier molecular flexibility index (Phi) is 5.28. The van der Waals surface area contributed by atoms with Gasteiger partial charge in [0, 0.05) is 6.04 Å². The van der Waals surface area contributed by atoms with Gasteiger partial charge in [-0.05, 0) is 26.0 Å². The number of carbonyl (C=O) groups is 1. The second kappa shape index (κ2) is 6.50. The van der Waals surface area contributed by atoms with Crippen LogP contribution in [0.15, 0.2) is 29.2 Å². The topological polar surface area (TPSA) is 105 Å². The predicted molar refractivity (Wildman–Crippen MR) is 69.1 cm³/mol. The Bertz CT molecular complexity index is 542. The van der Waals surface area contributed by atoms with Crippen molar-refractivity contribution in [2.75, 3.05) is 12.1 Å². The summed E-state index contributed by atoms with van der Waals surface area (Å²) < 4.78 is 26.5. The van der Waals surface area contributed by atoms with Gasteiger partial charge in [0.2, 0.25) is 10.0 Å². The molecule has 0 aliphatic heterocycles. The van der Waals surface area contributed by atoms with Crippen molar-refractivity contribution in [3.63, 3.8) is 0 Å². The molecular weight excluding hydrogens is 272 g/mol. The minimum atomic E-state index is -3.68. The molecule has 0 spiro atoms. The van der Waals surface area contributed by atoms with Gasteiger partial charge >= 0.3 is 5.97 Å². The molecule has 0 saturated carbocycles. The van der Waals surface area contributed by atoms with Crippen LogP contribution in [0, 0.1) is 0 Å². The number of benzene rings is 1. The van der Waals surface area contributed by atoms with E-state index in [1.54, 1.807) is 26.0 Å². The van der Waals surface area contributed by atoms with E-state index in [0.717, 1.165) is 0 Å². The Morgan fingerprint density at radius 3 is 2.58 bits per heavy atom. The van der Waals surface area contributed by atoms with Crippen LogP contribution in [0.4, 0.5) is 5.69 Å². The third-order valence-electron chi connectivity index (χ3n) is 1.95. The summed E-state index contributed by atoms with van der Waals surface area (Å²) in [5.74, 6) is -1.16. The van der Waals surface area contributed by atoms with Gasteiger partial charge in [0.15, 0.2) is 6.61 Å². The Labute approximate surface area is 111 Å². The molecule has 19 heavy (non-hydrogen) atoms. The van der Waals surface area contributed by atoms with Crippen LogP contribution in [0.2, 0.25) is 0 Å². The highest BCUT2D eigenvalue weighted by Crippen LogP contribution is 2.20. The van der Waals surface area contributed by atoms with E-state index < -0.39 is 22.6 Å². The van der Waals surface area contributed by atoms with E-state index in [2.05, 4.69) is 15.0 Å². The van der Waals surface area contributed by atoms with Crippen LogP contribution in [0.25, 0.3) is 0 Å². The molecule has 7 nitrogen and oxygen atoms in total. The Balaban J connectivity index is 2.92. The first-order valence-electron chi connectivity index (χ1n) is 5.54. The molecule has 1 aromatic carbocycles. The van der Waals surface area contributed by atoms with Crippen molar-refractivity contribution in [3.8, 4) is 0 Å². The van der Waals surface area contributed by atoms with Crippen molar-refractivity contribution in [3.05, 3.63) is 24.3 Å². The number of aliphatic carboxylic acids is 1. The Morgan fingerprint density at radius 2 is 2.00 bits per heavy atom. The van der Waals surface area contributed by atoms with E-state index in [1.807, 2.05) is 0 Å². The highest BCUT2D eigenvalue weighted by molar-refractivity contribution is 7.89. The van der Waals surface area contributed by atoms with Crippen molar-refractivity contribution in [2.45, 2.75) is 24.8 Å². The van der Waals surface area contributed by atoms with Gasteiger partial charge in [-0.15, -0.1) is 0 Å². The number of carboxylic acid groups (broad SMARTS) is 1. The monoisotopic (exact) mass is 288 g/mol. The van der Waals surface area contributed by atoms with Crippen LogP contribution in [0.5, 0.6) is 0 Å². The fourth-order valence-corrected chi connectivity index (χ4v) is 2.74. The number of hydrogen-bond donors (Lipinski definition) is 3. The zero-order chi connectivity index (χ0) is 14.5. The molecule has 0 amide bonds. The van der Waals surface area contributed by atoms with Gasteiger partial charge in [0.1, 0.15) is 4.90 Å². The first-order chi connectivity index (χ1) is 8.83. The summed E-state index contributed by atoms with van der Waals surface area (Å²) in [6, 6.07) is 5.81. The summed E-state index contributed by atoms with van der Waals surface area (Å²) in [5.41, 5.74) is 2.50. The van der Waals surface area contributed by atoms with Crippen LogP contribution in [0.3, 0.4) is 0 Å². The zero-order valence-corrected chi connectivity index (χ0v) is 11.4. The fourth-order valence-electron chi connectivity index (χ4n) is 1.33. The van der Waals surface area contributed by atoms with E-state index in [-0.39, 0.29) is 16.6 Å². The van der Waals surface area contributed by atoms with Gasteiger partial charge in [0.05, 0.1) is 5.69 Å². The number of sulfonamides is 1. The van der Waals surface area contributed by atoms with Crippen molar-refractivity contribution in [2.24, 2.45) is 0 Å². The number of hydrogen-bond acceptors (Lipinski definition) is 5. The molecule has 1 rings (SSSR count). The largest absolute Gasteiger partial charge is 0.479 e. The summed E-state index contributed by atoms with van der Waals surface area (Å²) in [6.45, 7) is 2.83. The van der Waals surface area contributed by atoms with Crippen LogP contribution in [-0.2, 0) is 19.7 Å². The van der Waals surface area contributed by atoms with Gasteiger partial charge < -0.3 is 5.11 Å². The average Bonchev–Trinajstić information content (AvgIpc) is 2.27. The first kappa shape index (κ1) is 15.4. The summed E-state index contributed by atoms with van der Waals surface area (Å²) >= 11 is 0. The lowest BCUT2D eigenvalue weighted by Gasteiger charge is -2.14. The van der Waals surface area contributed by atoms with Crippen LogP contribution >= 0.6 is 0 Å². The SMILES string of the molecule is CC(C)NS(=O)(=O)c1ccccc1NOCC(=O)O. The van der Waals surface area contributed by atoms with Crippen LogP contribution in [0.1, 0.15) is 13.8 Å². The van der Waals surface area contributed by atoms with Crippen molar-refractivity contribution in [1.29, 1.82) is 0 Å². The molecular formula is C11H16N2O5S. The van der Waals surface area contributed by atoms with Gasteiger partial charge in [-0.1, -0.05) is 12.1 Å². The Hall–Kier alpha value is -1.64. The predicted octanol–water partition coefficient (Wildman–Crippen LogP) is 0.801. The molecule has 106 valence electrons. The molecule has 0 saturated heterocycles. The summed E-state index contributed by atoms with van der Waals surface area (Å²) in [6.07, 6.45) is 0. The van der Waals surface area contributed by atoms with E-state index in [1.165, 1.54) is 12.1 Å². The molecule has 8 heteroatoms. The summed E-state index contributed by atoms with van der Waals surface area (Å²) in [7, 11) is -3.68. The molecule has 0 bridgehead atoms.